The number of rotatable bonds is 3. The molecular formula is C12H13BrFN3O. The minimum atomic E-state index is -0.411. The molecule has 96 valence electrons. The molecule has 0 bridgehead atoms. The number of aromatic nitrogens is 2. The molecule has 4 nitrogen and oxygen atoms in total. The van der Waals surface area contributed by atoms with Crippen LogP contribution in [0.15, 0.2) is 27.2 Å². The van der Waals surface area contributed by atoms with Crippen LogP contribution in [0.25, 0.3) is 11.5 Å². The van der Waals surface area contributed by atoms with Gasteiger partial charge in [-0.25, -0.2) is 4.39 Å². The molecule has 0 saturated carbocycles. The Bertz CT molecular complexity index is 556. The second kappa shape index (κ2) is 5.16. The van der Waals surface area contributed by atoms with E-state index < -0.39 is 5.82 Å². The summed E-state index contributed by atoms with van der Waals surface area (Å²) in [5.74, 6) is 0.300. The summed E-state index contributed by atoms with van der Waals surface area (Å²) in [6, 6.07) is 4.22. The first kappa shape index (κ1) is 13.2. The van der Waals surface area contributed by atoms with Crippen molar-refractivity contribution in [3.8, 4) is 11.5 Å². The van der Waals surface area contributed by atoms with Gasteiger partial charge in [-0.15, -0.1) is 0 Å². The molecule has 0 amide bonds. The molecule has 6 heteroatoms. The maximum Gasteiger partial charge on any atom is 0.260 e. The van der Waals surface area contributed by atoms with Crippen molar-refractivity contribution < 1.29 is 8.91 Å². The summed E-state index contributed by atoms with van der Waals surface area (Å²) in [7, 11) is 0. The average molecular weight is 314 g/mol. The van der Waals surface area contributed by atoms with Crippen molar-refractivity contribution in [2.24, 2.45) is 11.7 Å². The molecule has 0 aliphatic heterocycles. The Balaban J connectivity index is 2.38. The minimum absolute atomic E-state index is 0.139. The summed E-state index contributed by atoms with van der Waals surface area (Å²) in [5, 5.41) is 3.79. The van der Waals surface area contributed by atoms with E-state index >= 15 is 0 Å². The van der Waals surface area contributed by atoms with Crippen LogP contribution in [-0.2, 0) is 0 Å². The monoisotopic (exact) mass is 313 g/mol. The highest BCUT2D eigenvalue weighted by atomic mass is 79.9. The lowest BCUT2D eigenvalue weighted by atomic mass is 10.1. The zero-order valence-corrected chi connectivity index (χ0v) is 11.6. The van der Waals surface area contributed by atoms with Gasteiger partial charge in [-0.3, -0.25) is 0 Å². The van der Waals surface area contributed by atoms with Crippen LogP contribution in [0.2, 0.25) is 0 Å². The molecule has 2 aromatic rings. The fraction of sp³-hybridized carbons (Fsp3) is 0.333. The third-order valence-electron chi connectivity index (χ3n) is 2.62. The van der Waals surface area contributed by atoms with Crippen LogP contribution >= 0.6 is 15.9 Å². The molecule has 0 fully saturated rings. The van der Waals surface area contributed by atoms with Crippen LogP contribution in [0.4, 0.5) is 4.39 Å². The molecule has 2 rings (SSSR count). The second-order valence-corrected chi connectivity index (χ2v) is 5.27. The van der Waals surface area contributed by atoms with Crippen molar-refractivity contribution in [3.05, 3.63) is 34.3 Å². The molecule has 0 aliphatic rings. The largest absolute Gasteiger partial charge is 0.334 e. The predicted molar refractivity (Wildman–Crippen MR) is 69.2 cm³/mol. The van der Waals surface area contributed by atoms with Crippen molar-refractivity contribution >= 4 is 15.9 Å². The fourth-order valence-electron chi connectivity index (χ4n) is 1.44. The Morgan fingerprint density at radius 3 is 2.78 bits per heavy atom. The Labute approximate surface area is 113 Å². The van der Waals surface area contributed by atoms with E-state index in [0.29, 0.717) is 5.82 Å². The van der Waals surface area contributed by atoms with Gasteiger partial charge < -0.3 is 10.3 Å². The molecule has 1 aromatic carbocycles. The zero-order valence-electron chi connectivity index (χ0n) is 10.0. The molecule has 18 heavy (non-hydrogen) atoms. The van der Waals surface area contributed by atoms with E-state index in [0.717, 1.165) is 4.47 Å². The van der Waals surface area contributed by atoms with Gasteiger partial charge in [-0.05, 0) is 24.1 Å². The topological polar surface area (TPSA) is 64.9 Å². The molecule has 1 aromatic heterocycles. The average Bonchev–Trinajstić information content (AvgIpc) is 2.80. The van der Waals surface area contributed by atoms with Gasteiger partial charge in [0.1, 0.15) is 5.82 Å². The van der Waals surface area contributed by atoms with Gasteiger partial charge in [0.05, 0.1) is 11.6 Å². The molecule has 0 aliphatic carbocycles. The standard InChI is InChI=1S/C12H13BrFN3O/c1-6(2)10(15)11-16-12(18-17-11)8-5-7(13)3-4-9(8)14/h3-6,10H,15H2,1-2H3. The third-order valence-corrected chi connectivity index (χ3v) is 3.11. The number of nitrogens with two attached hydrogens (primary N) is 1. The van der Waals surface area contributed by atoms with Crippen LogP contribution in [0, 0.1) is 11.7 Å². The molecule has 0 saturated heterocycles. The molecule has 2 N–H and O–H groups in total. The Morgan fingerprint density at radius 1 is 1.39 bits per heavy atom. The number of benzene rings is 1. The van der Waals surface area contributed by atoms with Crippen LogP contribution in [0.1, 0.15) is 25.7 Å². The van der Waals surface area contributed by atoms with Crippen molar-refractivity contribution in [2.45, 2.75) is 19.9 Å². The summed E-state index contributed by atoms with van der Waals surface area (Å²) >= 11 is 3.27. The predicted octanol–water partition coefficient (Wildman–Crippen LogP) is 3.29. The lowest BCUT2D eigenvalue weighted by Gasteiger charge is -2.09. The molecular weight excluding hydrogens is 301 g/mol. The quantitative estimate of drug-likeness (QED) is 0.944. The smallest absolute Gasteiger partial charge is 0.260 e. The van der Waals surface area contributed by atoms with Gasteiger partial charge >= 0.3 is 0 Å². The van der Waals surface area contributed by atoms with Gasteiger partial charge in [0.15, 0.2) is 5.82 Å². The van der Waals surface area contributed by atoms with Crippen LogP contribution in [0.3, 0.4) is 0 Å². The number of hydrogen-bond acceptors (Lipinski definition) is 4. The van der Waals surface area contributed by atoms with E-state index in [-0.39, 0.29) is 23.4 Å². The molecule has 1 unspecified atom stereocenters. The summed E-state index contributed by atoms with van der Waals surface area (Å²) in [6.45, 7) is 3.92. The molecule has 0 spiro atoms. The van der Waals surface area contributed by atoms with Crippen LogP contribution < -0.4 is 5.73 Å². The summed E-state index contributed by atoms with van der Waals surface area (Å²) in [6.07, 6.45) is 0. The lowest BCUT2D eigenvalue weighted by Crippen LogP contribution is -2.18. The maximum atomic E-state index is 13.6. The minimum Gasteiger partial charge on any atom is -0.334 e. The highest BCUT2D eigenvalue weighted by Gasteiger charge is 2.19. The molecule has 1 atom stereocenters. The van der Waals surface area contributed by atoms with Crippen molar-refractivity contribution in [2.75, 3.05) is 0 Å². The Hall–Kier alpha value is -1.27. The highest BCUT2D eigenvalue weighted by molar-refractivity contribution is 9.10. The van der Waals surface area contributed by atoms with E-state index in [9.17, 15) is 4.39 Å². The SMILES string of the molecule is CC(C)C(N)c1noc(-c2cc(Br)ccc2F)n1. The van der Waals surface area contributed by atoms with Gasteiger partial charge in [0.2, 0.25) is 0 Å². The van der Waals surface area contributed by atoms with Crippen molar-refractivity contribution in [1.29, 1.82) is 0 Å². The fourth-order valence-corrected chi connectivity index (χ4v) is 1.80. The first-order chi connectivity index (χ1) is 8.49. The van der Waals surface area contributed by atoms with Gasteiger partial charge in [0.25, 0.3) is 5.89 Å². The van der Waals surface area contributed by atoms with Crippen molar-refractivity contribution in [3.63, 3.8) is 0 Å². The first-order valence-electron chi connectivity index (χ1n) is 5.53. The summed E-state index contributed by atoms with van der Waals surface area (Å²) < 4.78 is 19.4. The van der Waals surface area contributed by atoms with Crippen molar-refractivity contribution in [1.82, 2.24) is 10.1 Å². The molecule has 1 heterocycles. The van der Waals surface area contributed by atoms with Gasteiger partial charge in [-0.2, -0.15) is 4.98 Å². The van der Waals surface area contributed by atoms with E-state index in [1.54, 1.807) is 12.1 Å². The zero-order chi connectivity index (χ0) is 13.3. The third kappa shape index (κ3) is 2.59. The van der Waals surface area contributed by atoms with Gasteiger partial charge in [-0.1, -0.05) is 34.9 Å². The lowest BCUT2D eigenvalue weighted by molar-refractivity contribution is 0.398. The van der Waals surface area contributed by atoms with E-state index in [1.165, 1.54) is 6.07 Å². The number of halogens is 2. The van der Waals surface area contributed by atoms with Crippen LogP contribution in [-0.4, -0.2) is 10.1 Å². The first-order valence-corrected chi connectivity index (χ1v) is 6.33. The van der Waals surface area contributed by atoms with Crippen LogP contribution in [0.5, 0.6) is 0 Å². The normalized spacial score (nSPS) is 13.0. The Kier molecular flexibility index (Phi) is 3.77. The summed E-state index contributed by atoms with van der Waals surface area (Å²) in [4.78, 5) is 4.14. The second-order valence-electron chi connectivity index (χ2n) is 4.35. The maximum absolute atomic E-state index is 13.6. The van der Waals surface area contributed by atoms with E-state index in [2.05, 4.69) is 26.1 Å². The van der Waals surface area contributed by atoms with E-state index in [1.807, 2.05) is 13.8 Å². The summed E-state index contributed by atoms with van der Waals surface area (Å²) in [5.41, 5.74) is 6.17. The number of nitrogens with zero attached hydrogens (tertiary/aromatic N) is 2. The van der Waals surface area contributed by atoms with E-state index in [4.69, 9.17) is 10.3 Å². The Morgan fingerprint density at radius 2 is 2.11 bits per heavy atom. The molecule has 0 radical (unpaired) electrons. The van der Waals surface area contributed by atoms with Gasteiger partial charge in [0, 0.05) is 4.47 Å². The highest BCUT2D eigenvalue weighted by Crippen LogP contribution is 2.26. The number of hydrogen-bond donors (Lipinski definition) is 1.